The van der Waals surface area contributed by atoms with E-state index in [1.165, 1.54) is 24.4 Å². The number of hydrogen-bond donors (Lipinski definition) is 1. The van der Waals surface area contributed by atoms with Crippen LogP contribution in [0.5, 0.6) is 0 Å². The normalized spacial score (nSPS) is 11.1. The fraction of sp³-hybridized carbons (Fsp3) is 0. The fourth-order valence-electron chi connectivity index (χ4n) is 2.36. The molecule has 3 aromatic rings. The molecular weight excluding hydrogens is 427 g/mol. The van der Waals surface area contributed by atoms with E-state index in [2.05, 4.69) is 15.5 Å². The molecular formula is C21H14Cl2N4O3. The number of nitro groups is 1. The van der Waals surface area contributed by atoms with Gasteiger partial charge in [0.05, 0.1) is 21.8 Å². The Kier molecular flexibility index (Phi) is 6.90. The number of nitro benzene ring substituents is 1. The van der Waals surface area contributed by atoms with E-state index in [-0.39, 0.29) is 16.6 Å². The van der Waals surface area contributed by atoms with Crippen LogP contribution in [0.2, 0.25) is 10.0 Å². The zero-order valence-corrected chi connectivity index (χ0v) is 16.8. The number of hydrogen-bond acceptors (Lipinski definition) is 5. The predicted molar refractivity (Wildman–Crippen MR) is 118 cm³/mol. The summed E-state index contributed by atoms with van der Waals surface area (Å²) in [5, 5.41) is 15.4. The van der Waals surface area contributed by atoms with Crippen molar-refractivity contribution in [2.24, 2.45) is 10.1 Å². The average Bonchev–Trinajstić information content (AvgIpc) is 2.74. The van der Waals surface area contributed by atoms with Crippen molar-refractivity contribution in [3.8, 4) is 0 Å². The summed E-state index contributed by atoms with van der Waals surface area (Å²) in [6, 6.07) is 17.8. The van der Waals surface area contributed by atoms with Crippen molar-refractivity contribution in [3.63, 3.8) is 0 Å². The maximum absolute atomic E-state index is 12.0. The molecule has 0 radical (unpaired) electrons. The van der Waals surface area contributed by atoms with Crippen molar-refractivity contribution in [1.82, 2.24) is 5.43 Å². The molecule has 3 aromatic carbocycles. The molecule has 0 saturated heterocycles. The second-order valence-electron chi connectivity index (χ2n) is 6.02. The number of carbonyl (C=O) groups is 1. The molecule has 0 fully saturated rings. The van der Waals surface area contributed by atoms with Gasteiger partial charge in [-0.1, -0.05) is 47.5 Å². The van der Waals surface area contributed by atoms with Crippen LogP contribution in [0, 0.1) is 10.1 Å². The minimum atomic E-state index is -0.516. The van der Waals surface area contributed by atoms with Gasteiger partial charge in [0.1, 0.15) is 0 Å². The van der Waals surface area contributed by atoms with E-state index in [1.807, 2.05) is 12.1 Å². The van der Waals surface area contributed by atoms with Crippen LogP contribution in [-0.2, 0) is 0 Å². The van der Waals surface area contributed by atoms with Crippen LogP contribution in [0.15, 0.2) is 76.8 Å². The third-order valence-corrected chi connectivity index (χ3v) is 4.47. The molecule has 0 unspecified atom stereocenters. The van der Waals surface area contributed by atoms with Crippen molar-refractivity contribution in [1.29, 1.82) is 0 Å². The standard InChI is InChI=1S/C21H14Cl2N4O3/c22-17-7-5-16(6-8-17)21(28)26-25-13-15-3-1-14(2-4-15)12-24-20-10-9-18(27(29)30)11-19(20)23/h1-13H,(H,26,28)/b24-12?,25-13+. The third-order valence-electron chi connectivity index (χ3n) is 3.92. The minimum Gasteiger partial charge on any atom is -0.267 e. The van der Waals surface area contributed by atoms with Crippen LogP contribution in [0.1, 0.15) is 21.5 Å². The van der Waals surface area contributed by atoms with Crippen molar-refractivity contribution in [3.05, 3.63) is 104 Å². The van der Waals surface area contributed by atoms with Gasteiger partial charge in [0.25, 0.3) is 11.6 Å². The summed E-state index contributed by atoms with van der Waals surface area (Å²) in [6.45, 7) is 0. The van der Waals surface area contributed by atoms with E-state index in [4.69, 9.17) is 23.2 Å². The smallest absolute Gasteiger partial charge is 0.267 e. The Morgan fingerprint density at radius 1 is 0.933 bits per heavy atom. The van der Waals surface area contributed by atoms with Crippen LogP contribution < -0.4 is 5.43 Å². The topological polar surface area (TPSA) is 97.0 Å². The quantitative estimate of drug-likeness (QED) is 0.314. The highest BCUT2D eigenvalue weighted by Gasteiger charge is 2.08. The molecule has 0 bridgehead atoms. The fourth-order valence-corrected chi connectivity index (χ4v) is 2.71. The number of benzene rings is 3. The molecule has 1 N–H and O–H groups in total. The molecule has 0 spiro atoms. The number of halogens is 2. The Morgan fingerprint density at radius 2 is 1.57 bits per heavy atom. The van der Waals surface area contributed by atoms with Crippen molar-refractivity contribution in [2.45, 2.75) is 0 Å². The number of carbonyl (C=O) groups excluding carboxylic acids is 1. The molecule has 1 amide bonds. The molecule has 0 aromatic heterocycles. The number of amides is 1. The molecule has 7 nitrogen and oxygen atoms in total. The predicted octanol–water partition coefficient (Wildman–Crippen LogP) is 5.42. The first-order valence-corrected chi connectivity index (χ1v) is 9.35. The summed E-state index contributed by atoms with van der Waals surface area (Å²) >= 11 is 11.8. The molecule has 0 aliphatic carbocycles. The number of nitrogens with one attached hydrogen (secondary N) is 1. The van der Waals surface area contributed by atoms with Crippen molar-refractivity contribution >= 4 is 52.9 Å². The number of non-ortho nitro benzene ring substituents is 1. The van der Waals surface area contributed by atoms with Gasteiger partial charge in [-0.05, 0) is 41.5 Å². The largest absolute Gasteiger partial charge is 0.271 e. The SMILES string of the molecule is O=C(N/N=C/c1ccc(C=Nc2ccc([N+](=O)[O-])cc2Cl)cc1)c1ccc(Cl)cc1. The Bertz CT molecular complexity index is 1130. The van der Waals surface area contributed by atoms with Gasteiger partial charge in [-0.2, -0.15) is 5.10 Å². The van der Waals surface area contributed by atoms with Gasteiger partial charge in [-0.25, -0.2) is 5.43 Å². The maximum atomic E-state index is 12.0. The molecule has 30 heavy (non-hydrogen) atoms. The van der Waals surface area contributed by atoms with Crippen molar-refractivity contribution in [2.75, 3.05) is 0 Å². The van der Waals surface area contributed by atoms with Crippen LogP contribution in [0.3, 0.4) is 0 Å². The Labute approximate surface area is 181 Å². The van der Waals surface area contributed by atoms with Gasteiger partial charge < -0.3 is 0 Å². The molecule has 0 heterocycles. The lowest BCUT2D eigenvalue weighted by atomic mass is 10.1. The van der Waals surface area contributed by atoms with E-state index in [0.29, 0.717) is 16.3 Å². The molecule has 0 aliphatic rings. The monoisotopic (exact) mass is 440 g/mol. The van der Waals surface area contributed by atoms with E-state index in [0.717, 1.165) is 11.1 Å². The second-order valence-corrected chi connectivity index (χ2v) is 6.87. The van der Waals surface area contributed by atoms with Crippen LogP contribution in [0.25, 0.3) is 0 Å². The Balaban J connectivity index is 1.60. The summed E-state index contributed by atoms with van der Waals surface area (Å²) in [5.41, 5.74) is 4.81. The van der Waals surface area contributed by atoms with Gasteiger partial charge in [0, 0.05) is 28.9 Å². The van der Waals surface area contributed by atoms with E-state index in [9.17, 15) is 14.9 Å². The van der Waals surface area contributed by atoms with Crippen LogP contribution >= 0.6 is 23.2 Å². The first-order valence-electron chi connectivity index (χ1n) is 8.59. The lowest BCUT2D eigenvalue weighted by Crippen LogP contribution is -2.17. The first kappa shape index (κ1) is 21.2. The second kappa shape index (κ2) is 9.78. The zero-order chi connectivity index (χ0) is 21.5. The minimum absolute atomic E-state index is 0.0919. The highest BCUT2D eigenvalue weighted by atomic mass is 35.5. The summed E-state index contributed by atoms with van der Waals surface area (Å²) in [6.07, 6.45) is 3.11. The molecule has 9 heteroatoms. The van der Waals surface area contributed by atoms with Gasteiger partial charge in [-0.15, -0.1) is 0 Å². The van der Waals surface area contributed by atoms with Gasteiger partial charge in [0.15, 0.2) is 0 Å². The van der Waals surface area contributed by atoms with Crippen LogP contribution in [-0.4, -0.2) is 23.3 Å². The first-order chi connectivity index (χ1) is 14.4. The summed E-state index contributed by atoms with van der Waals surface area (Å²) in [5.74, 6) is -0.341. The van der Waals surface area contributed by atoms with Gasteiger partial charge in [0.2, 0.25) is 0 Å². The lowest BCUT2D eigenvalue weighted by molar-refractivity contribution is -0.384. The summed E-state index contributed by atoms with van der Waals surface area (Å²) < 4.78 is 0. The average molecular weight is 441 g/mol. The van der Waals surface area contributed by atoms with Gasteiger partial charge >= 0.3 is 0 Å². The van der Waals surface area contributed by atoms with Crippen molar-refractivity contribution < 1.29 is 9.72 Å². The number of hydrazone groups is 1. The summed E-state index contributed by atoms with van der Waals surface area (Å²) in [7, 11) is 0. The highest BCUT2D eigenvalue weighted by molar-refractivity contribution is 6.33. The lowest BCUT2D eigenvalue weighted by Gasteiger charge is -2.00. The molecule has 0 aliphatic heterocycles. The van der Waals surface area contributed by atoms with E-state index >= 15 is 0 Å². The molecule has 0 saturated carbocycles. The number of nitrogens with zero attached hydrogens (tertiary/aromatic N) is 3. The Hall–Kier alpha value is -3.55. The highest BCUT2D eigenvalue weighted by Crippen LogP contribution is 2.28. The zero-order valence-electron chi connectivity index (χ0n) is 15.3. The van der Waals surface area contributed by atoms with Crippen LogP contribution in [0.4, 0.5) is 11.4 Å². The number of aliphatic imine (C=N–C) groups is 1. The Morgan fingerprint density at radius 3 is 2.17 bits per heavy atom. The van der Waals surface area contributed by atoms with E-state index < -0.39 is 4.92 Å². The molecule has 3 rings (SSSR count). The summed E-state index contributed by atoms with van der Waals surface area (Å²) in [4.78, 5) is 26.5. The third kappa shape index (κ3) is 5.73. The molecule has 150 valence electrons. The number of rotatable bonds is 6. The molecule has 0 atom stereocenters. The maximum Gasteiger partial charge on any atom is 0.271 e. The van der Waals surface area contributed by atoms with E-state index in [1.54, 1.807) is 42.6 Å². The van der Waals surface area contributed by atoms with Gasteiger partial charge in [-0.3, -0.25) is 19.9 Å².